The fraction of sp³-hybridized carbons (Fsp3) is 0.333. The number of benzene rings is 1. The largest absolute Gasteiger partial charge is 0.468 e. The Morgan fingerprint density at radius 3 is 2.74 bits per heavy atom. The van der Waals surface area contributed by atoms with Gasteiger partial charge in [0, 0.05) is 6.42 Å². The van der Waals surface area contributed by atoms with Crippen molar-refractivity contribution in [2.45, 2.75) is 18.9 Å². The molecule has 8 heteroatoms. The van der Waals surface area contributed by atoms with E-state index in [2.05, 4.69) is 20.7 Å². The minimum absolute atomic E-state index is 0.00823. The first kappa shape index (κ1) is 16.5. The molecular weight excluding hydrogens is 302 g/mol. The predicted octanol–water partition coefficient (Wildman–Crippen LogP) is -0.193. The molecule has 8 nitrogen and oxygen atoms in total. The van der Waals surface area contributed by atoms with E-state index in [-0.39, 0.29) is 31.2 Å². The van der Waals surface area contributed by atoms with Crippen LogP contribution in [0.2, 0.25) is 0 Å². The second-order valence-corrected chi connectivity index (χ2v) is 4.95. The molecule has 1 heterocycles. The van der Waals surface area contributed by atoms with E-state index < -0.39 is 17.9 Å². The number of anilines is 1. The highest BCUT2D eigenvalue weighted by Crippen LogP contribution is 2.19. The molecule has 0 saturated heterocycles. The summed E-state index contributed by atoms with van der Waals surface area (Å²) in [7, 11) is 1.22. The van der Waals surface area contributed by atoms with Crippen molar-refractivity contribution in [3.05, 3.63) is 29.8 Å². The van der Waals surface area contributed by atoms with Crippen molar-refractivity contribution >= 4 is 29.4 Å². The molecular formula is C15H17N3O5. The van der Waals surface area contributed by atoms with Crippen LogP contribution in [0.25, 0.3) is 0 Å². The van der Waals surface area contributed by atoms with Gasteiger partial charge in [-0.05, 0) is 18.6 Å². The van der Waals surface area contributed by atoms with Crippen molar-refractivity contribution in [1.82, 2.24) is 10.6 Å². The second-order valence-electron chi connectivity index (χ2n) is 4.95. The summed E-state index contributed by atoms with van der Waals surface area (Å²) >= 11 is 0. The lowest BCUT2D eigenvalue weighted by atomic mass is 10.1. The highest BCUT2D eigenvalue weighted by Gasteiger charge is 2.27. The number of carbonyl (C=O) groups is 4. The number of carbonyl (C=O) groups excluding carboxylic acids is 4. The predicted molar refractivity (Wildman–Crippen MR) is 80.6 cm³/mol. The van der Waals surface area contributed by atoms with Gasteiger partial charge in [-0.2, -0.15) is 0 Å². The second kappa shape index (κ2) is 7.39. The third-order valence-electron chi connectivity index (χ3n) is 3.37. The summed E-state index contributed by atoms with van der Waals surface area (Å²) in [6.07, 6.45) is 0.115. The highest BCUT2D eigenvalue weighted by molar-refractivity contribution is 6.09. The van der Waals surface area contributed by atoms with Crippen LogP contribution in [-0.4, -0.2) is 43.4 Å². The molecule has 122 valence electrons. The Labute approximate surface area is 132 Å². The molecule has 0 radical (unpaired) electrons. The molecule has 0 fully saturated rings. The average Bonchev–Trinajstić information content (AvgIpc) is 2.67. The lowest BCUT2D eigenvalue weighted by Crippen LogP contribution is -2.42. The van der Waals surface area contributed by atoms with Crippen LogP contribution in [-0.2, 0) is 19.1 Å². The lowest BCUT2D eigenvalue weighted by molar-refractivity contribution is -0.141. The van der Waals surface area contributed by atoms with E-state index in [0.717, 1.165) is 0 Å². The smallest absolute Gasteiger partial charge is 0.325 e. The quantitative estimate of drug-likeness (QED) is 0.651. The van der Waals surface area contributed by atoms with Gasteiger partial charge in [0.2, 0.25) is 11.8 Å². The van der Waals surface area contributed by atoms with Gasteiger partial charge in [0.05, 0.1) is 18.4 Å². The minimum atomic E-state index is -0.821. The van der Waals surface area contributed by atoms with Gasteiger partial charge in [-0.15, -0.1) is 0 Å². The van der Waals surface area contributed by atoms with Crippen LogP contribution < -0.4 is 16.0 Å². The van der Waals surface area contributed by atoms with Crippen LogP contribution in [0.5, 0.6) is 0 Å². The Morgan fingerprint density at radius 2 is 2.00 bits per heavy atom. The highest BCUT2D eigenvalue weighted by atomic mass is 16.5. The van der Waals surface area contributed by atoms with Crippen LogP contribution in [0.1, 0.15) is 23.2 Å². The number of fused-ring (bicyclic) bond motifs is 1. The van der Waals surface area contributed by atoms with Crippen molar-refractivity contribution in [1.29, 1.82) is 0 Å². The molecule has 1 atom stereocenters. The number of rotatable bonds is 5. The third kappa shape index (κ3) is 4.29. The monoisotopic (exact) mass is 319 g/mol. The molecule has 1 unspecified atom stereocenters. The van der Waals surface area contributed by atoms with E-state index in [0.29, 0.717) is 11.3 Å². The van der Waals surface area contributed by atoms with E-state index in [9.17, 15) is 19.2 Å². The fourth-order valence-electron chi connectivity index (χ4n) is 2.12. The zero-order chi connectivity index (χ0) is 16.8. The molecule has 3 amide bonds. The van der Waals surface area contributed by atoms with Crippen LogP contribution in [0.15, 0.2) is 24.3 Å². The number of hydrogen-bond acceptors (Lipinski definition) is 5. The fourth-order valence-corrected chi connectivity index (χ4v) is 2.12. The molecule has 23 heavy (non-hydrogen) atoms. The zero-order valence-corrected chi connectivity index (χ0v) is 12.5. The number of amides is 3. The van der Waals surface area contributed by atoms with Gasteiger partial charge in [-0.25, -0.2) is 0 Å². The molecule has 0 aliphatic carbocycles. The van der Waals surface area contributed by atoms with Gasteiger partial charge < -0.3 is 20.7 Å². The summed E-state index contributed by atoms with van der Waals surface area (Å²) < 4.78 is 4.40. The number of hydrogen-bond donors (Lipinski definition) is 3. The van der Waals surface area contributed by atoms with E-state index in [1.165, 1.54) is 7.11 Å². The Kier molecular flexibility index (Phi) is 5.29. The number of ether oxygens (including phenoxy) is 1. The van der Waals surface area contributed by atoms with Crippen molar-refractivity contribution in [3.63, 3.8) is 0 Å². The van der Waals surface area contributed by atoms with Gasteiger partial charge in [-0.1, -0.05) is 12.1 Å². The first-order chi connectivity index (χ1) is 11.0. The van der Waals surface area contributed by atoms with Crippen LogP contribution in [0, 0.1) is 0 Å². The number of esters is 1. The Morgan fingerprint density at radius 1 is 1.26 bits per heavy atom. The third-order valence-corrected chi connectivity index (χ3v) is 3.37. The Hall–Kier alpha value is -2.90. The normalized spacial score (nSPS) is 16.5. The molecule has 1 aliphatic heterocycles. The van der Waals surface area contributed by atoms with Crippen molar-refractivity contribution < 1.29 is 23.9 Å². The van der Waals surface area contributed by atoms with Crippen LogP contribution in [0.3, 0.4) is 0 Å². The minimum Gasteiger partial charge on any atom is -0.468 e. The number of nitrogens with one attached hydrogen (secondary N) is 3. The molecule has 1 aromatic carbocycles. The molecule has 0 spiro atoms. The topological polar surface area (TPSA) is 114 Å². The van der Waals surface area contributed by atoms with Gasteiger partial charge in [0.15, 0.2) is 0 Å². The molecule has 2 rings (SSSR count). The van der Waals surface area contributed by atoms with Crippen LogP contribution >= 0.6 is 0 Å². The van der Waals surface area contributed by atoms with Crippen molar-refractivity contribution in [2.24, 2.45) is 0 Å². The summed E-state index contributed by atoms with van der Waals surface area (Å²) in [6, 6.07) is 5.84. The first-order valence-electron chi connectivity index (χ1n) is 7.05. The Bertz CT molecular complexity index is 644. The molecule has 0 aromatic heterocycles. The van der Waals surface area contributed by atoms with Gasteiger partial charge in [0.1, 0.15) is 12.6 Å². The van der Waals surface area contributed by atoms with Crippen molar-refractivity contribution in [2.75, 3.05) is 19.0 Å². The van der Waals surface area contributed by atoms with E-state index >= 15 is 0 Å². The summed E-state index contributed by atoms with van der Waals surface area (Å²) in [5.74, 6) is -1.73. The first-order valence-corrected chi connectivity index (χ1v) is 7.05. The summed E-state index contributed by atoms with van der Waals surface area (Å²) in [4.78, 5) is 46.8. The molecule has 1 aromatic rings. The molecule has 0 bridgehead atoms. The Balaban J connectivity index is 1.92. The van der Waals surface area contributed by atoms with Gasteiger partial charge in [0.25, 0.3) is 5.91 Å². The van der Waals surface area contributed by atoms with E-state index in [1.807, 2.05) is 0 Å². The van der Waals surface area contributed by atoms with Crippen molar-refractivity contribution in [3.8, 4) is 0 Å². The SMILES string of the molecule is COC(=O)CNC(=O)CCC1NC(=O)c2ccccc2NC1=O. The average molecular weight is 319 g/mol. The van der Waals surface area contributed by atoms with Gasteiger partial charge in [-0.3, -0.25) is 19.2 Å². The zero-order valence-electron chi connectivity index (χ0n) is 12.5. The van der Waals surface area contributed by atoms with E-state index in [1.54, 1.807) is 24.3 Å². The van der Waals surface area contributed by atoms with E-state index in [4.69, 9.17) is 0 Å². The summed E-state index contributed by atoms with van der Waals surface area (Å²) in [5, 5.41) is 7.63. The maximum atomic E-state index is 12.1. The lowest BCUT2D eigenvalue weighted by Gasteiger charge is -2.14. The standard InChI is InChI=1S/C15H17N3O5/c1-23-13(20)8-16-12(19)7-6-11-15(22)17-10-5-3-2-4-9(10)14(21)18-11/h2-5,11H,6-8H2,1H3,(H,16,19)(H,17,22)(H,18,21). The number of methoxy groups -OCH3 is 1. The molecule has 0 saturated carbocycles. The maximum absolute atomic E-state index is 12.1. The molecule has 3 N–H and O–H groups in total. The van der Waals surface area contributed by atoms with Crippen LogP contribution in [0.4, 0.5) is 5.69 Å². The summed E-state index contributed by atoms with van der Waals surface area (Å²) in [6.45, 7) is -0.232. The van der Waals surface area contributed by atoms with Gasteiger partial charge >= 0.3 is 5.97 Å². The summed E-state index contributed by atoms with van der Waals surface area (Å²) in [5.41, 5.74) is 0.811. The molecule has 1 aliphatic rings. The number of para-hydroxylation sites is 1. The maximum Gasteiger partial charge on any atom is 0.325 e.